The summed E-state index contributed by atoms with van der Waals surface area (Å²) in [7, 11) is 0. The van der Waals surface area contributed by atoms with Gasteiger partial charge in [-0.05, 0) is 38.5 Å². The Morgan fingerprint density at radius 3 is 1.00 bits per heavy atom. The highest BCUT2D eigenvalue weighted by molar-refractivity contribution is 5.75. The number of ether oxygens (including phenoxy) is 3. The molecular weight excluding hydrogens is 608 g/mol. The van der Waals surface area contributed by atoms with E-state index in [1.807, 2.05) is 0 Å². The van der Waals surface area contributed by atoms with Crippen molar-refractivity contribution in [3.05, 3.63) is 23.3 Å². The number of rotatable bonds is 40. The van der Waals surface area contributed by atoms with Crippen LogP contribution in [0, 0.1) is 0 Å². The molecule has 49 heavy (non-hydrogen) atoms. The minimum Gasteiger partial charge on any atom is -0.347 e. The standard InChI is InChI=1S/C44H82O5/c1-5-9-13-17-21-25-29-33-41(37-45)43(35-31-27-23-19-15-11-7-3)48-39-47-40-49-44(36-32-28-24-20-16-12-8-4)42(38-46)34-30-26-22-18-14-10-6-2/h33-34,37-38,43-44H,5-32,35-36,39-40H2,1-4H3. The number of hydrogen-bond donors (Lipinski definition) is 0. The van der Waals surface area contributed by atoms with Crippen molar-refractivity contribution < 1.29 is 23.8 Å². The highest BCUT2D eigenvalue weighted by Crippen LogP contribution is 2.20. The number of hydrogen-bond acceptors (Lipinski definition) is 5. The van der Waals surface area contributed by atoms with Crippen molar-refractivity contribution in [1.82, 2.24) is 0 Å². The Hall–Kier alpha value is -1.30. The van der Waals surface area contributed by atoms with Crippen molar-refractivity contribution >= 4 is 12.6 Å². The summed E-state index contributed by atoms with van der Waals surface area (Å²) in [5.41, 5.74) is 1.50. The molecular formula is C44H82O5. The first-order valence-corrected chi connectivity index (χ1v) is 21.3. The summed E-state index contributed by atoms with van der Waals surface area (Å²) < 4.78 is 18.3. The Bertz CT molecular complexity index is 698. The molecule has 0 saturated heterocycles. The van der Waals surface area contributed by atoms with E-state index in [-0.39, 0.29) is 25.8 Å². The average Bonchev–Trinajstić information content (AvgIpc) is 3.11. The van der Waals surface area contributed by atoms with Gasteiger partial charge in [0.2, 0.25) is 0 Å². The maximum Gasteiger partial charge on any atom is 0.150 e. The van der Waals surface area contributed by atoms with E-state index in [1.165, 1.54) is 128 Å². The van der Waals surface area contributed by atoms with Gasteiger partial charge < -0.3 is 14.2 Å². The molecule has 0 saturated carbocycles. The van der Waals surface area contributed by atoms with Crippen molar-refractivity contribution in [2.75, 3.05) is 13.6 Å². The normalized spacial score (nSPS) is 13.6. The average molecular weight is 691 g/mol. The maximum absolute atomic E-state index is 12.2. The highest BCUT2D eigenvalue weighted by atomic mass is 16.7. The molecule has 5 nitrogen and oxygen atoms in total. The minimum absolute atomic E-state index is 0.0748. The van der Waals surface area contributed by atoms with Gasteiger partial charge in [-0.2, -0.15) is 0 Å². The van der Waals surface area contributed by atoms with E-state index in [1.54, 1.807) is 0 Å². The zero-order valence-corrected chi connectivity index (χ0v) is 33.1. The predicted octanol–water partition coefficient (Wildman–Crippen LogP) is 13.7. The van der Waals surface area contributed by atoms with Crippen LogP contribution >= 0.6 is 0 Å². The van der Waals surface area contributed by atoms with Gasteiger partial charge >= 0.3 is 0 Å². The molecule has 0 radical (unpaired) electrons. The third-order valence-corrected chi connectivity index (χ3v) is 9.74. The molecule has 0 aromatic rings. The summed E-state index contributed by atoms with van der Waals surface area (Å²) >= 11 is 0. The van der Waals surface area contributed by atoms with Gasteiger partial charge in [0.1, 0.15) is 26.2 Å². The van der Waals surface area contributed by atoms with E-state index >= 15 is 0 Å². The lowest BCUT2D eigenvalue weighted by molar-refractivity contribution is -0.157. The predicted molar refractivity (Wildman–Crippen MR) is 210 cm³/mol. The summed E-state index contributed by atoms with van der Waals surface area (Å²) in [6.07, 6.45) is 41.3. The van der Waals surface area contributed by atoms with Gasteiger partial charge in [0.25, 0.3) is 0 Å². The summed E-state index contributed by atoms with van der Waals surface area (Å²) in [5, 5.41) is 0. The summed E-state index contributed by atoms with van der Waals surface area (Å²) in [4.78, 5) is 24.3. The topological polar surface area (TPSA) is 61.8 Å². The fourth-order valence-electron chi connectivity index (χ4n) is 6.46. The first-order chi connectivity index (χ1) is 24.2. The monoisotopic (exact) mass is 691 g/mol. The third-order valence-electron chi connectivity index (χ3n) is 9.74. The number of unbranched alkanes of at least 4 members (excludes halogenated alkanes) is 24. The number of allylic oxidation sites excluding steroid dienone is 2. The van der Waals surface area contributed by atoms with Gasteiger partial charge in [0.15, 0.2) is 0 Å². The van der Waals surface area contributed by atoms with Crippen molar-refractivity contribution in [2.45, 2.75) is 233 Å². The van der Waals surface area contributed by atoms with Crippen LogP contribution in [0.25, 0.3) is 0 Å². The van der Waals surface area contributed by atoms with Crippen molar-refractivity contribution in [2.24, 2.45) is 0 Å². The summed E-state index contributed by atoms with van der Waals surface area (Å²) in [6.45, 7) is 9.14. The fourth-order valence-corrected chi connectivity index (χ4v) is 6.46. The first kappa shape index (κ1) is 47.7. The van der Waals surface area contributed by atoms with Gasteiger partial charge in [0, 0.05) is 11.1 Å². The Morgan fingerprint density at radius 1 is 0.408 bits per heavy atom. The van der Waals surface area contributed by atoms with Crippen LogP contribution < -0.4 is 0 Å². The molecule has 2 atom stereocenters. The van der Waals surface area contributed by atoms with Gasteiger partial charge in [-0.15, -0.1) is 0 Å². The lowest BCUT2D eigenvalue weighted by atomic mass is 10.0. The Morgan fingerprint density at radius 2 is 0.694 bits per heavy atom. The lowest BCUT2D eigenvalue weighted by Crippen LogP contribution is -2.22. The molecule has 0 amide bonds. The molecule has 0 bridgehead atoms. The van der Waals surface area contributed by atoms with Crippen molar-refractivity contribution in [1.29, 1.82) is 0 Å². The molecule has 0 rings (SSSR count). The van der Waals surface area contributed by atoms with Crippen LogP contribution in [0.1, 0.15) is 220 Å². The van der Waals surface area contributed by atoms with Crippen LogP contribution in [0.2, 0.25) is 0 Å². The molecule has 0 heterocycles. The summed E-state index contributed by atoms with van der Waals surface area (Å²) in [6, 6.07) is 0. The zero-order valence-electron chi connectivity index (χ0n) is 33.1. The second kappa shape index (κ2) is 39.5. The van der Waals surface area contributed by atoms with E-state index in [0.29, 0.717) is 0 Å². The van der Waals surface area contributed by atoms with Crippen LogP contribution in [0.5, 0.6) is 0 Å². The van der Waals surface area contributed by atoms with Crippen LogP contribution in [-0.4, -0.2) is 38.4 Å². The molecule has 0 N–H and O–H groups in total. The number of aldehydes is 2. The summed E-state index contributed by atoms with van der Waals surface area (Å²) in [5.74, 6) is 0. The van der Waals surface area contributed by atoms with Gasteiger partial charge in [-0.1, -0.05) is 194 Å². The van der Waals surface area contributed by atoms with Crippen LogP contribution in [0.4, 0.5) is 0 Å². The van der Waals surface area contributed by atoms with Crippen molar-refractivity contribution in [3.63, 3.8) is 0 Å². The van der Waals surface area contributed by atoms with E-state index < -0.39 is 0 Å². The van der Waals surface area contributed by atoms with Crippen LogP contribution in [-0.2, 0) is 23.8 Å². The third kappa shape index (κ3) is 31.2. The van der Waals surface area contributed by atoms with E-state index in [4.69, 9.17) is 14.2 Å². The van der Waals surface area contributed by atoms with E-state index in [2.05, 4.69) is 39.8 Å². The van der Waals surface area contributed by atoms with Crippen LogP contribution in [0.3, 0.4) is 0 Å². The fraction of sp³-hybridized carbons (Fsp3) is 0.864. The largest absolute Gasteiger partial charge is 0.347 e. The van der Waals surface area contributed by atoms with Crippen molar-refractivity contribution in [3.8, 4) is 0 Å². The molecule has 0 fully saturated rings. The molecule has 5 heteroatoms. The van der Waals surface area contributed by atoms with Gasteiger partial charge in [-0.25, -0.2) is 0 Å². The molecule has 0 aliphatic carbocycles. The van der Waals surface area contributed by atoms with Crippen LogP contribution in [0.15, 0.2) is 23.3 Å². The molecule has 0 aliphatic rings. The Labute approximate surface area is 305 Å². The minimum atomic E-state index is -0.250. The smallest absolute Gasteiger partial charge is 0.150 e. The SMILES string of the molecule is CCCCCCCCC=C(C=O)C(CCCCCCCCC)OCOCOC(CCCCCCCCC)C(C=O)=CCCCCCCCC. The molecule has 0 aliphatic heterocycles. The molecule has 288 valence electrons. The highest BCUT2D eigenvalue weighted by Gasteiger charge is 2.17. The first-order valence-electron chi connectivity index (χ1n) is 21.3. The second-order valence-corrected chi connectivity index (χ2v) is 14.3. The van der Waals surface area contributed by atoms with Gasteiger partial charge in [-0.3, -0.25) is 9.59 Å². The maximum atomic E-state index is 12.2. The molecule has 2 unspecified atom stereocenters. The van der Waals surface area contributed by atoms with E-state index in [0.717, 1.165) is 87.9 Å². The second-order valence-electron chi connectivity index (χ2n) is 14.3. The number of carbonyl (C=O) groups is 2. The zero-order chi connectivity index (χ0) is 35.9. The lowest BCUT2D eigenvalue weighted by Gasteiger charge is -2.21. The molecule has 0 aromatic carbocycles. The molecule has 0 aromatic heterocycles. The Kier molecular flexibility index (Phi) is 38.4. The quantitative estimate of drug-likeness (QED) is 0.0277. The molecule has 0 spiro atoms. The Balaban J connectivity index is 5.07. The van der Waals surface area contributed by atoms with E-state index in [9.17, 15) is 9.59 Å². The number of carbonyl (C=O) groups excluding carboxylic acids is 2. The van der Waals surface area contributed by atoms with Gasteiger partial charge in [0.05, 0.1) is 12.2 Å².